The van der Waals surface area contributed by atoms with E-state index in [0.29, 0.717) is 10.7 Å². The maximum Gasteiger partial charge on any atom is 0.335 e. The van der Waals surface area contributed by atoms with Gasteiger partial charge in [0.25, 0.3) is 0 Å². The van der Waals surface area contributed by atoms with Crippen molar-refractivity contribution >= 4 is 29.0 Å². The molecule has 0 aliphatic carbocycles. The van der Waals surface area contributed by atoms with Crippen LogP contribution >= 0.6 is 12.2 Å². The van der Waals surface area contributed by atoms with Gasteiger partial charge in [-0.15, -0.1) is 0 Å². The van der Waals surface area contributed by atoms with Crippen molar-refractivity contribution in [3.63, 3.8) is 0 Å². The van der Waals surface area contributed by atoms with Gasteiger partial charge in [0.1, 0.15) is 5.82 Å². The lowest BCUT2D eigenvalue weighted by molar-refractivity contribution is 0.0697. The minimum absolute atomic E-state index is 0.230. The van der Waals surface area contributed by atoms with Gasteiger partial charge in [-0.3, -0.25) is 4.98 Å². The number of hydrogen-bond acceptors (Lipinski definition) is 3. The van der Waals surface area contributed by atoms with Crippen LogP contribution in [0, 0.1) is 33.5 Å². The SMILES string of the molecule is Cc1cc(N2C(=S)N[C@@H](c3ccccn3)[C@H]2c2cc(C)n(-c3cc(C(=O)O)ccc3C)c2C)ccc1F. The Labute approximate surface area is 220 Å². The average Bonchev–Trinajstić information content (AvgIpc) is 3.36. The van der Waals surface area contributed by atoms with E-state index in [1.807, 2.05) is 49.9 Å². The Morgan fingerprint density at radius 3 is 2.49 bits per heavy atom. The summed E-state index contributed by atoms with van der Waals surface area (Å²) in [6, 6.07) is 17.5. The van der Waals surface area contributed by atoms with Crippen molar-refractivity contribution in [2.24, 2.45) is 0 Å². The molecular weight excluding hydrogens is 487 g/mol. The van der Waals surface area contributed by atoms with Crippen LogP contribution in [0.25, 0.3) is 5.69 Å². The van der Waals surface area contributed by atoms with E-state index in [2.05, 4.69) is 20.9 Å². The molecule has 4 aromatic rings. The number of nitrogens with one attached hydrogen (secondary N) is 1. The van der Waals surface area contributed by atoms with Crippen LogP contribution in [-0.2, 0) is 0 Å². The summed E-state index contributed by atoms with van der Waals surface area (Å²) >= 11 is 5.82. The molecule has 5 rings (SSSR count). The number of nitrogens with zero attached hydrogens (tertiary/aromatic N) is 3. The average molecular weight is 515 g/mol. The minimum Gasteiger partial charge on any atom is -0.478 e. The highest BCUT2D eigenvalue weighted by Gasteiger charge is 2.42. The first-order valence-electron chi connectivity index (χ1n) is 12.0. The number of pyridine rings is 1. The third-order valence-corrected chi connectivity index (χ3v) is 7.32. The largest absolute Gasteiger partial charge is 0.478 e. The Morgan fingerprint density at radius 1 is 1.03 bits per heavy atom. The van der Waals surface area contributed by atoms with E-state index in [-0.39, 0.29) is 23.5 Å². The van der Waals surface area contributed by atoms with Crippen LogP contribution in [0.15, 0.2) is 66.9 Å². The fourth-order valence-corrected chi connectivity index (χ4v) is 5.51. The Bertz CT molecular complexity index is 1530. The maximum atomic E-state index is 14.2. The van der Waals surface area contributed by atoms with E-state index in [1.54, 1.807) is 37.4 Å². The number of benzene rings is 2. The summed E-state index contributed by atoms with van der Waals surface area (Å²) in [5, 5.41) is 13.6. The molecule has 3 heterocycles. The number of hydrogen-bond donors (Lipinski definition) is 2. The second-order valence-corrected chi connectivity index (χ2v) is 9.79. The van der Waals surface area contributed by atoms with Crippen molar-refractivity contribution < 1.29 is 14.3 Å². The van der Waals surface area contributed by atoms with Crippen LogP contribution in [0.2, 0.25) is 0 Å². The zero-order valence-corrected chi connectivity index (χ0v) is 21.8. The van der Waals surface area contributed by atoms with Crippen molar-refractivity contribution in [3.8, 4) is 5.69 Å². The lowest BCUT2D eigenvalue weighted by atomic mass is 9.96. The lowest BCUT2D eigenvalue weighted by Gasteiger charge is -2.28. The molecule has 0 amide bonds. The third kappa shape index (κ3) is 4.27. The van der Waals surface area contributed by atoms with Crippen molar-refractivity contribution in [1.82, 2.24) is 14.9 Å². The van der Waals surface area contributed by atoms with Gasteiger partial charge in [-0.1, -0.05) is 12.1 Å². The Kier molecular flexibility index (Phi) is 6.29. The van der Waals surface area contributed by atoms with Crippen molar-refractivity contribution in [2.75, 3.05) is 4.90 Å². The fourth-order valence-electron chi connectivity index (χ4n) is 5.17. The summed E-state index contributed by atoms with van der Waals surface area (Å²) in [6.07, 6.45) is 1.76. The number of anilines is 1. The Morgan fingerprint density at radius 2 is 1.81 bits per heavy atom. The standard InChI is InChI=1S/C29H27FN4O2S/c1-16-8-9-20(28(35)36)15-25(16)33-18(3)14-22(19(33)4)27-26(24-7-5-6-12-31-24)32-29(37)34(27)21-10-11-23(30)17(2)13-21/h5-15,26-27H,1-4H3,(H,32,37)(H,35,36)/t26-,27+/m0/s1. The van der Waals surface area contributed by atoms with Gasteiger partial charge in [0.2, 0.25) is 0 Å². The van der Waals surface area contributed by atoms with Crippen LogP contribution in [0.4, 0.5) is 10.1 Å². The molecule has 2 aromatic heterocycles. The molecule has 0 bridgehead atoms. The van der Waals surface area contributed by atoms with Crippen LogP contribution in [0.3, 0.4) is 0 Å². The van der Waals surface area contributed by atoms with Crippen LogP contribution < -0.4 is 10.2 Å². The normalized spacial score (nSPS) is 17.2. The molecule has 37 heavy (non-hydrogen) atoms. The third-order valence-electron chi connectivity index (χ3n) is 7.00. The van der Waals surface area contributed by atoms with Crippen LogP contribution in [-0.4, -0.2) is 25.7 Å². The fraction of sp³-hybridized carbons (Fsp3) is 0.207. The molecule has 188 valence electrons. The summed E-state index contributed by atoms with van der Waals surface area (Å²) in [6.45, 7) is 7.74. The highest BCUT2D eigenvalue weighted by Crippen LogP contribution is 2.44. The molecule has 0 unspecified atom stereocenters. The van der Waals surface area contributed by atoms with E-state index >= 15 is 0 Å². The summed E-state index contributed by atoms with van der Waals surface area (Å²) in [4.78, 5) is 18.3. The van der Waals surface area contributed by atoms with E-state index in [9.17, 15) is 14.3 Å². The zero-order valence-electron chi connectivity index (χ0n) is 21.0. The quantitative estimate of drug-likeness (QED) is 0.313. The molecular formula is C29H27FN4O2S. The highest BCUT2D eigenvalue weighted by molar-refractivity contribution is 7.80. The monoisotopic (exact) mass is 514 g/mol. The first-order valence-corrected chi connectivity index (χ1v) is 12.4. The van der Waals surface area contributed by atoms with Gasteiger partial charge in [0.15, 0.2) is 5.11 Å². The van der Waals surface area contributed by atoms with Crippen molar-refractivity contribution in [2.45, 2.75) is 39.8 Å². The second-order valence-electron chi connectivity index (χ2n) is 9.40. The molecule has 6 nitrogen and oxygen atoms in total. The van der Waals surface area contributed by atoms with E-state index in [0.717, 1.165) is 39.6 Å². The van der Waals surface area contributed by atoms with Crippen molar-refractivity contribution in [3.05, 3.63) is 112 Å². The molecule has 8 heteroatoms. The molecule has 2 aromatic carbocycles. The molecule has 1 saturated heterocycles. The Hall–Kier alpha value is -4.04. The number of aryl methyl sites for hydroxylation is 3. The number of rotatable bonds is 5. The van der Waals surface area contributed by atoms with Gasteiger partial charge in [-0.25, -0.2) is 9.18 Å². The second kappa shape index (κ2) is 9.44. The molecule has 0 spiro atoms. The van der Waals surface area contributed by atoms with E-state index in [1.165, 1.54) is 6.07 Å². The van der Waals surface area contributed by atoms with Crippen LogP contribution in [0.1, 0.15) is 56.2 Å². The predicted molar refractivity (Wildman–Crippen MR) is 146 cm³/mol. The smallest absolute Gasteiger partial charge is 0.335 e. The number of aromatic nitrogens is 2. The highest BCUT2D eigenvalue weighted by atomic mass is 32.1. The first-order chi connectivity index (χ1) is 17.7. The number of thiocarbonyl (C=S) groups is 1. The topological polar surface area (TPSA) is 70.4 Å². The molecule has 1 aliphatic rings. The maximum absolute atomic E-state index is 14.2. The van der Waals surface area contributed by atoms with Crippen LogP contribution in [0.5, 0.6) is 0 Å². The van der Waals surface area contributed by atoms with Gasteiger partial charge >= 0.3 is 5.97 Å². The summed E-state index contributed by atoms with van der Waals surface area (Å²) in [5.74, 6) is -1.24. The molecule has 0 saturated carbocycles. The summed E-state index contributed by atoms with van der Waals surface area (Å²) in [5.41, 5.74) is 7.11. The number of carboxylic acids is 1. The van der Waals surface area contributed by atoms with Gasteiger partial charge in [-0.2, -0.15) is 0 Å². The van der Waals surface area contributed by atoms with Gasteiger partial charge in [-0.05, 0) is 105 Å². The summed E-state index contributed by atoms with van der Waals surface area (Å²) < 4.78 is 16.2. The number of carboxylic acid groups (broad SMARTS) is 1. The zero-order chi connectivity index (χ0) is 26.4. The van der Waals surface area contributed by atoms with Crippen molar-refractivity contribution in [1.29, 1.82) is 0 Å². The number of carbonyl (C=O) groups is 1. The number of aromatic carboxylic acids is 1. The van der Waals surface area contributed by atoms with Gasteiger partial charge < -0.3 is 19.9 Å². The summed E-state index contributed by atoms with van der Waals surface area (Å²) in [7, 11) is 0. The lowest BCUT2D eigenvalue weighted by Crippen LogP contribution is -2.29. The molecule has 1 aliphatic heterocycles. The molecule has 2 N–H and O–H groups in total. The van der Waals surface area contributed by atoms with Gasteiger partial charge in [0.05, 0.1) is 23.3 Å². The molecule has 2 atom stereocenters. The predicted octanol–water partition coefficient (Wildman–Crippen LogP) is 6.12. The minimum atomic E-state index is -0.970. The first kappa shape index (κ1) is 24.6. The van der Waals surface area contributed by atoms with Gasteiger partial charge in [0, 0.05) is 29.0 Å². The molecule has 0 radical (unpaired) electrons. The number of halogens is 1. The Balaban J connectivity index is 1.71. The van der Waals surface area contributed by atoms with E-state index in [4.69, 9.17) is 12.2 Å². The molecule has 1 fully saturated rings. The van der Waals surface area contributed by atoms with E-state index < -0.39 is 5.97 Å².